The summed E-state index contributed by atoms with van der Waals surface area (Å²) >= 11 is 5.39. The van der Waals surface area contributed by atoms with Crippen LogP contribution in [0.3, 0.4) is 0 Å². The third-order valence-corrected chi connectivity index (χ3v) is 3.49. The number of hydrogen-bond acceptors (Lipinski definition) is 1. The summed E-state index contributed by atoms with van der Waals surface area (Å²) in [4.78, 5) is 11.6. The fourth-order valence-electron chi connectivity index (χ4n) is 1.19. The summed E-state index contributed by atoms with van der Waals surface area (Å²) in [7, 11) is 0. The maximum absolute atomic E-state index is 11.6. The summed E-state index contributed by atoms with van der Waals surface area (Å²) in [5, 5.41) is 0.396. The molecule has 1 aromatic rings. The standard InChI is InChI=1S/C10H10BrIO/c1-6-3-4-8(12)10(7(6)2)9(13)5-11/h3-4H,5H2,1-2H3. The van der Waals surface area contributed by atoms with Gasteiger partial charge in [-0.05, 0) is 53.6 Å². The zero-order chi connectivity index (χ0) is 10.0. The monoisotopic (exact) mass is 352 g/mol. The molecule has 0 saturated heterocycles. The van der Waals surface area contributed by atoms with E-state index in [-0.39, 0.29) is 5.78 Å². The van der Waals surface area contributed by atoms with Gasteiger partial charge in [0.25, 0.3) is 0 Å². The average molecular weight is 353 g/mol. The molecule has 0 bridgehead atoms. The summed E-state index contributed by atoms with van der Waals surface area (Å²) in [6, 6.07) is 4.03. The largest absolute Gasteiger partial charge is 0.293 e. The fourth-order valence-corrected chi connectivity index (χ4v) is 2.36. The van der Waals surface area contributed by atoms with Crippen LogP contribution in [0.1, 0.15) is 21.5 Å². The van der Waals surface area contributed by atoms with Gasteiger partial charge in [0.05, 0.1) is 5.33 Å². The molecule has 1 nitrogen and oxygen atoms in total. The van der Waals surface area contributed by atoms with E-state index >= 15 is 0 Å². The number of rotatable bonds is 2. The van der Waals surface area contributed by atoms with E-state index in [9.17, 15) is 4.79 Å². The lowest BCUT2D eigenvalue weighted by molar-refractivity contribution is 0.102. The van der Waals surface area contributed by atoms with Crippen LogP contribution in [-0.2, 0) is 0 Å². The van der Waals surface area contributed by atoms with Crippen LogP contribution >= 0.6 is 38.5 Å². The van der Waals surface area contributed by atoms with Gasteiger partial charge in [-0.3, -0.25) is 4.79 Å². The normalized spacial score (nSPS) is 10.2. The molecule has 0 saturated carbocycles. The quantitative estimate of drug-likeness (QED) is 0.452. The smallest absolute Gasteiger partial charge is 0.174 e. The molecule has 0 aliphatic rings. The van der Waals surface area contributed by atoms with Gasteiger partial charge in [0.1, 0.15) is 0 Å². The number of ketones is 1. The Morgan fingerprint density at radius 3 is 2.62 bits per heavy atom. The molecule has 0 heterocycles. The molecule has 3 heteroatoms. The van der Waals surface area contributed by atoms with Crippen molar-refractivity contribution in [3.63, 3.8) is 0 Å². The second-order valence-corrected chi connectivity index (χ2v) is 4.64. The highest BCUT2D eigenvalue weighted by Gasteiger charge is 2.12. The van der Waals surface area contributed by atoms with Crippen LogP contribution in [0, 0.1) is 17.4 Å². The molecule has 0 amide bonds. The van der Waals surface area contributed by atoms with Gasteiger partial charge in [0.2, 0.25) is 0 Å². The van der Waals surface area contributed by atoms with Crippen LogP contribution in [0.2, 0.25) is 0 Å². The molecule has 0 aliphatic carbocycles. The maximum atomic E-state index is 11.6. The fraction of sp³-hybridized carbons (Fsp3) is 0.300. The molecule has 1 aromatic carbocycles. The molecule has 0 N–H and O–H groups in total. The zero-order valence-electron chi connectivity index (χ0n) is 7.53. The molecule has 0 unspecified atom stereocenters. The van der Waals surface area contributed by atoms with Crippen molar-refractivity contribution >= 4 is 44.3 Å². The van der Waals surface area contributed by atoms with E-state index in [4.69, 9.17) is 0 Å². The van der Waals surface area contributed by atoms with Gasteiger partial charge in [0, 0.05) is 9.13 Å². The second-order valence-electron chi connectivity index (χ2n) is 2.92. The minimum Gasteiger partial charge on any atom is -0.293 e. The molecular formula is C10H10BrIO. The summed E-state index contributed by atoms with van der Waals surface area (Å²) < 4.78 is 1.03. The van der Waals surface area contributed by atoms with E-state index in [1.54, 1.807) is 0 Å². The van der Waals surface area contributed by atoms with Crippen molar-refractivity contribution in [2.24, 2.45) is 0 Å². The summed E-state index contributed by atoms with van der Waals surface area (Å²) in [5.41, 5.74) is 3.12. The number of alkyl halides is 1. The average Bonchev–Trinajstić information content (AvgIpc) is 2.12. The van der Waals surface area contributed by atoms with Gasteiger partial charge < -0.3 is 0 Å². The first-order valence-electron chi connectivity index (χ1n) is 3.92. The lowest BCUT2D eigenvalue weighted by Gasteiger charge is -2.08. The van der Waals surface area contributed by atoms with Crippen molar-refractivity contribution in [2.75, 3.05) is 5.33 Å². The van der Waals surface area contributed by atoms with Crippen molar-refractivity contribution in [3.05, 3.63) is 32.4 Å². The van der Waals surface area contributed by atoms with Gasteiger partial charge in [-0.1, -0.05) is 22.0 Å². The molecular weight excluding hydrogens is 343 g/mol. The Morgan fingerprint density at radius 2 is 2.08 bits per heavy atom. The predicted octanol–water partition coefficient (Wildman–Crippen LogP) is 3.49. The first-order valence-corrected chi connectivity index (χ1v) is 6.12. The number of Topliss-reactive ketones (excluding diaryl/α,β-unsaturated/α-hetero) is 1. The Labute approximate surface area is 100 Å². The lowest BCUT2D eigenvalue weighted by atomic mass is 10.0. The van der Waals surface area contributed by atoms with Gasteiger partial charge in [-0.25, -0.2) is 0 Å². The number of carbonyl (C=O) groups excluding carboxylic acids is 1. The van der Waals surface area contributed by atoms with E-state index in [2.05, 4.69) is 38.5 Å². The zero-order valence-corrected chi connectivity index (χ0v) is 11.3. The first kappa shape index (κ1) is 11.2. The number of aryl methyl sites for hydroxylation is 1. The number of halogens is 2. The van der Waals surface area contributed by atoms with Crippen LogP contribution in [0.5, 0.6) is 0 Å². The van der Waals surface area contributed by atoms with Crippen LogP contribution in [0.25, 0.3) is 0 Å². The van der Waals surface area contributed by atoms with Crippen molar-refractivity contribution in [2.45, 2.75) is 13.8 Å². The van der Waals surface area contributed by atoms with Crippen LogP contribution in [-0.4, -0.2) is 11.1 Å². The van der Waals surface area contributed by atoms with Gasteiger partial charge in [-0.15, -0.1) is 0 Å². The molecule has 70 valence electrons. The Bertz CT molecular complexity index is 347. The topological polar surface area (TPSA) is 17.1 Å². The van der Waals surface area contributed by atoms with E-state index in [0.29, 0.717) is 5.33 Å². The minimum atomic E-state index is 0.158. The number of benzene rings is 1. The maximum Gasteiger partial charge on any atom is 0.174 e. The molecule has 13 heavy (non-hydrogen) atoms. The van der Waals surface area contributed by atoms with E-state index in [1.807, 2.05) is 26.0 Å². The van der Waals surface area contributed by atoms with Crippen molar-refractivity contribution in [1.82, 2.24) is 0 Å². The van der Waals surface area contributed by atoms with Gasteiger partial charge in [0.15, 0.2) is 5.78 Å². The number of hydrogen-bond donors (Lipinski definition) is 0. The molecule has 0 fully saturated rings. The Kier molecular flexibility index (Phi) is 3.91. The third kappa shape index (κ3) is 2.31. The predicted molar refractivity (Wildman–Crippen MR) is 66.8 cm³/mol. The Morgan fingerprint density at radius 1 is 1.46 bits per heavy atom. The first-order chi connectivity index (χ1) is 6.07. The van der Waals surface area contributed by atoms with Crippen molar-refractivity contribution in [3.8, 4) is 0 Å². The highest BCUT2D eigenvalue weighted by Crippen LogP contribution is 2.20. The summed E-state index contributed by atoms with van der Waals surface area (Å²) in [5.74, 6) is 0.158. The van der Waals surface area contributed by atoms with Crippen LogP contribution in [0.15, 0.2) is 12.1 Å². The van der Waals surface area contributed by atoms with Crippen LogP contribution < -0.4 is 0 Å². The molecule has 0 radical (unpaired) electrons. The minimum absolute atomic E-state index is 0.158. The SMILES string of the molecule is Cc1ccc(I)c(C(=O)CBr)c1C. The van der Waals surface area contributed by atoms with E-state index in [0.717, 1.165) is 14.7 Å². The molecule has 0 aliphatic heterocycles. The molecule has 0 aromatic heterocycles. The summed E-state index contributed by atoms with van der Waals surface area (Å²) in [6.07, 6.45) is 0. The van der Waals surface area contributed by atoms with Crippen molar-refractivity contribution in [1.29, 1.82) is 0 Å². The second kappa shape index (κ2) is 4.55. The lowest BCUT2D eigenvalue weighted by Crippen LogP contribution is -2.06. The number of carbonyl (C=O) groups is 1. The summed E-state index contributed by atoms with van der Waals surface area (Å²) in [6.45, 7) is 4.02. The van der Waals surface area contributed by atoms with E-state index < -0.39 is 0 Å². The molecule has 1 rings (SSSR count). The Balaban J connectivity index is 3.33. The highest BCUT2D eigenvalue weighted by molar-refractivity contribution is 14.1. The molecule has 0 atom stereocenters. The molecule has 0 spiro atoms. The van der Waals surface area contributed by atoms with E-state index in [1.165, 1.54) is 5.56 Å². The Hall–Kier alpha value is 0.1000. The van der Waals surface area contributed by atoms with Gasteiger partial charge in [-0.2, -0.15) is 0 Å². The van der Waals surface area contributed by atoms with Crippen molar-refractivity contribution < 1.29 is 4.79 Å². The van der Waals surface area contributed by atoms with Gasteiger partial charge >= 0.3 is 0 Å². The van der Waals surface area contributed by atoms with Crippen LogP contribution in [0.4, 0.5) is 0 Å². The highest BCUT2D eigenvalue weighted by atomic mass is 127. The third-order valence-electron chi connectivity index (χ3n) is 2.09.